The summed E-state index contributed by atoms with van der Waals surface area (Å²) in [4.78, 5) is 0. The number of hydrogen-bond acceptors (Lipinski definition) is 5. The van der Waals surface area contributed by atoms with Crippen molar-refractivity contribution in [1.29, 1.82) is 0 Å². The van der Waals surface area contributed by atoms with E-state index in [2.05, 4.69) is 15.7 Å². The van der Waals surface area contributed by atoms with Crippen molar-refractivity contribution in [3.63, 3.8) is 0 Å². The van der Waals surface area contributed by atoms with E-state index in [4.69, 9.17) is 4.74 Å². The molecule has 0 radical (unpaired) electrons. The summed E-state index contributed by atoms with van der Waals surface area (Å²) in [5, 5.41) is 20.9. The van der Waals surface area contributed by atoms with E-state index in [0.29, 0.717) is 19.1 Å². The smallest absolute Gasteiger partial charge is 0.124 e. The van der Waals surface area contributed by atoms with Crippen molar-refractivity contribution in [1.82, 2.24) is 15.1 Å². The topological polar surface area (TPSA) is 71.3 Å². The van der Waals surface area contributed by atoms with Crippen molar-refractivity contribution in [3.8, 4) is 5.75 Å². The Labute approximate surface area is 130 Å². The molecule has 118 valence electrons. The number of hydrogen-bond donors (Lipinski definition) is 3. The van der Waals surface area contributed by atoms with Crippen LogP contribution < -0.4 is 15.4 Å². The van der Waals surface area contributed by atoms with E-state index in [1.165, 1.54) is 0 Å². The van der Waals surface area contributed by atoms with Crippen LogP contribution in [0.1, 0.15) is 0 Å². The third kappa shape index (κ3) is 3.99. The van der Waals surface area contributed by atoms with Crippen LogP contribution in [0.3, 0.4) is 0 Å². The minimum Gasteiger partial charge on any atom is -0.491 e. The van der Waals surface area contributed by atoms with E-state index in [0.717, 1.165) is 31.2 Å². The molecule has 2 atom stereocenters. The van der Waals surface area contributed by atoms with Gasteiger partial charge in [-0.3, -0.25) is 0 Å². The van der Waals surface area contributed by atoms with Gasteiger partial charge >= 0.3 is 0 Å². The van der Waals surface area contributed by atoms with Crippen molar-refractivity contribution in [2.45, 2.75) is 12.6 Å². The number of aromatic nitrogens is 2. The van der Waals surface area contributed by atoms with Gasteiger partial charge in [0.2, 0.25) is 0 Å². The fraction of sp³-hybridized carbons (Fsp3) is 0.438. The minimum atomic E-state index is -0.517. The first-order chi connectivity index (χ1) is 10.8. The molecule has 0 fully saturated rings. The molecule has 1 aliphatic heterocycles. The SMILES string of the molecule is O[C@@H](CNC[C@@H]1CNc2ccnn2C1)COc1ccccc1. The molecule has 2 heterocycles. The summed E-state index contributed by atoms with van der Waals surface area (Å²) >= 11 is 0. The quantitative estimate of drug-likeness (QED) is 0.710. The molecule has 0 saturated carbocycles. The van der Waals surface area contributed by atoms with Crippen molar-refractivity contribution in [2.75, 3.05) is 31.6 Å². The van der Waals surface area contributed by atoms with Crippen LogP contribution >= 0.6 is 0 Å². The Kier molecular flexibility index (Phi) is 4.92. The van der Waals surface area contributed by atoms with E-state index in [1.54, 1.807) is 0 Å². The molecule has 1 aliphatic rings. The first kappa shape index (κ1) is 14.9. The standard InChI is InChI=1S/C16H22N4O2/c21-14(12-22-15-4-2-1-3-5-15)10-17-8-13-9-18-16-6-7-19-20(16)11-13/h1-7,13-14,17-18,21H,8-12H2/t13-,14+/m1/s1. The maximum Gasteiger partial charge on any atom is 0.124 e. The molecule has 3 rings (SSSR count). The van der Waals surface area contributed by atoms with Gasteiger partial charge in [0, 0.05) is 38.2 Å². The number of para-hydroxylation sites is 1. The fourth-order valence-corrected chi connectivity index (χ4v) is 2.55. The lowest BCUT2D eigenvalue weighted by molar-refractivity contribution is 0.105. The number of fused-ring (bicyclic) bond motifs is 1. The highest BCUT2D eigenvalue weighted by Gasteiger charge is 2.18. The molecule has 0 saturated heterocycles. The zero-order chi connectivity index (χ0) is 15.2. The second-order valence-electron chi connectivity index (χ2n) is 5.58. The molecule has 1 aromatic heterocycles. The van der Waals surface area contributed by atoms with Gasteiger partial charge in [-0.05, 0) is 12.1 Å². The zero-order valence-corrected chi connectivity index (χ0v) is 12.5. The number of aliphatic hydroxyl groups excluding tert-OH is 1. The minimum absolute atomic E-state index is 0.295. The molecule has 1 aromatic carbocycles. The maximum atomic E-state index is 9.94. The predicted octanol–water partition coefficient (Wildman–Crippen LogP) is 0.954. The summed E-state index contributed by atoms with van der Waals surface area (Å²) in [6.45, 7) is 3.49. The van der Waals surface area contributed by atoms with E-state index in [9.17, 15) is 5.11 Å². The second-order valence-corrected chi connectivity index (χ2v) is 5.58. The number of aliphatic hydroxyl groups is 1. The van der Waals surface area contributed by atoms with Gasteiger partial charge in [0.1, 0.15) is 24.3 Å². The normalized spacial score (nSPS) is 18.3. The van der Waals surface area contributed by atoms with Crippen LogP contribution in [0.5, 0.6) is 5.75 Å². The number of ether oxygens (including phenoxy) is 1. The summed E-state index contributed by atoms with van der Waals surface area (Å²) in [5.41, 5.74) is 0. The highest BCUT2D eigenvalue weighted by atomic mass is 16.5. The largest absolute Gasteiger partial charge is 0.491 e. The van der Waals surface area contributed by atoms with Crippen molar-refractivity contribution in [2.24, 2.45) is 5.92 Å². The molecule has 0 bridgehead atoms. The molecular weight excluding hydrogens is 280 g/mol. The third-order valence-electron chi connectivity index (χ3n) is 3.72. The van der Waals surface area contributed by atoms with Crippen LogP contribution in [-0.2, 0) is 6.54 Å². The number of nitrogens with zero attached hydrogens (tertiary/aromatic N) is 2. The molecule has 0 aliphatic carbocycles. The molecule has 6 nitrogen and oxygen atoms in total. The molecule has 0 amide bonds. The number of nitrogens with one attached hydrogen (secondary N) is 2. The Morgan fingerprint density at radius 1 is 1.36 bits per heavy atom. The lowest BCUT2D eigenvalue weighted by atomic mass is 10.1. The Bertz CT molecular complexity index is 573. The van der Waals surface area contributed by atoms with Crippen molar-refractivity contribution in [3.05, 3.63) is 42.6 Å². The molecule has 2 aromatic rings. The van der Waals surface area contributed by atoms with Crippen LogP contribution in [0.4, 0.5) is 5.82 Å². The van der Waals surface area contributed by atoms with Gasteiger partial charge < -0.3 is 20.5 Å². The van der Waals surface area contributed by atoms with Crippen LogP contribution in [0.2, 0.25) is 0 Å². The van der Waals surface area contributed by atoms with Gasteiger partial charge in [-0.2, -0.15) is 5.10 Å². The molecule has 22 heavy (non-hydrogen) atoms. The maximum absolute atomic E-state index is 9.94. The molecular formula is C16H22N4O2. The summed E-state index contributed by atoms with van der Waals surface area (Å²) in [7, 11) is 0. The number of rotatable bonds is 7. The Balaban J connectivity index is 1.33. The van der Waals surface area contributed by atoms with Crippen LogP contribution in [0.25, 0.3) is 0 Å². The average Bonchev–Trinajstić information content (AvgIpc) is 3.02. The van der Waals surface area contributed by atoms with Crippen molar-refractivity contribution < 1.29 is 9.84 Å². The van der Waals surface area contributed by atoms with Gasteiger partial charge in [-0.25, -0.2) is 4.68 Å². The third-order valence-corrected chi connectivity index (χ3v) is 3.72. The Morgan fingerprint density at radius 2 is 2.23 bits per heavy atom. The number of benzene rings is 1. The Morgan fingerprint density at radius 3 is 3.09 bits per heavy atom. The van der Waals surface area contributed by atoms with E-state index in [1.807, 2.05) is 47.3 Å². The summed E-state index contributed by atoms with van der Waals surface area (Å²) < 4.78 is 7.51. The highest BCUT2D eigenvalue weighted by Crippen LogP contribution is 2.15. The Hall–Kier alpha value is -2.05. The number of anilines is 1. The van der Waals surface area contributed by atoms with Gasteiger partial charge in [-0.1, -0.05) is 18.2 Å². The van der Waals surface area contributed by atoms with Crippen LogP contribution in [0, 0.1) is 5.92 Å². The zero-order valence-electron chi connectivity index (χ0n) is 12.5. The van der Waals surface area contributed by atoms with Gasteiger partial charge in [0.05, 0.1) is 6.20 Å². The fourth-order valence-electron chi connectivity index (χ4n) is 2.55. The van der Waals surface area contributed by atoms with Gasteiger partial charge in [0.15, 0.2) is 0 Å². The summed E-state index contributed by atoms with van der Waals surface area (Å²) in [5.74, 6) is 2.33. The first-order valence-electron chi connectivity index (χ1n) is 7.63. The highest BCUT2D eigenvalue weighted by molar-refractivity contribution is 5.35. The van der Waals surface area contributed by atoms with E-state index < -0.39 is 6.10 Å². The molecule has 6 heteroatoms. The monoisotopic (exact) mass is 302 g/mol. The van der Waals surface area contributed by atoms with Crippen molar-refractivity contribution >= 4 is 5.82 Å². The molecule has 0 unspecified atom stereocenters. The summed E-state index contributed by atoms with van der Waals surface area (Å²) in [6.07, 6.45) is 1.29. The first-order valence-corrected chi connectivity index (χ1v) is 7.63. The van der Waals surface area contributed by atoms with Gasteiger partial charge in [0.25, 0.3) is 0 Å². The van der Waals surface area contributed by atoms with Gasteiger partial charge in [-0.15, -0.1) is 0 Å². The van der Waals surface area contributed by atoms with Crippen LogP contribution in [-0.4, -0.2) is 47.2 Å². The van der Waals surface area contributed by atoms with E-state index in [-0.39, 0.29) is 0 Å². The summed E-state index contributed by atoms with van der Waals surface area (Å²) in [6, 6.07) is 11.5. The lowest BCUT2D eigenvalue weighted by Gasteiger charge is -2.25. The molecule has 0 spiro atoms. The predicted molar refractivity (Wildman–Crippen MR) is 85.0 cm³/mol. The van der Waals surface area contributed by atoms with E-state index >= 15 is 0 Å². The second kappa shape index (κ2) is 7.29. The molecule has 3 N–H and O–H groups in total. The lowest BCUT2D eigenvalue weighted by Crippen LogP contribution is -2.39. The average molecular weight is 302 g/mol. The van der Waals surface area contributed by atoms with Crippen LogP contribution in [0.15, 0.2) is 42.6 Å².